The van der Waals surface area contributed by atoms with Gasteiger partial charge in [0, 0.05) is 6.54 Å². The third kappa shape index (κ3) is 3.44. The minimum atomic E-state index is -0.690. The van der Waals surface area contributed by atoms with Crippen LogP contribution in [0.25, 0.3) is 0 Å². The molecule has 0 atom stereocenters. The fourth-order valence-corrected chi connectivity index (χ4v) is 1.44. The summed E-state index contributed by atoms with van der Waals surface area (Å²) in [5, 5.41) is 2.93. The molecule has 0 fully saturated rings. The van der Waals surface area contributed by atoms with Crippen LogP contribution in [0.15, 0.2) is 18.2 Å². The average molecular weight is 239 g/mol. The lowest BCUT2D eigenvalue weighted by Crippen LogP contribution is -2.33. The number of methoxy groups -OCH3 is 1. The molecule has 0 aliphatic heterocycles. The van der Waals surface area contributed by atoms with E-state index in [0.717, 1.165) is 5.56 Å². The van der Waals surface area contributed by atoms with Crippen LogP contribution in [0, 0.1) is 18.2 Å². The van der Waals surface area contributed by atoms with Crippen LogP contribution in [0.3, 0.4) is 0 Å². The van der Waals surface area contributed by atoms with Crippen LogP contribution in [0.4, 0.5) is 10.1 Å². The van der Waals surface area contributed by atoms with E-state index in [0.29, 0.717) is 12.2 Å². The minimum absolute atomic E-state index is 0.319. The van der Waals surface area contributed by atoms with Crippen molar-refractivity contribution in [2.45, 2.75) is 20.8 Å². The first kappa shape index (κ1) is 13.5. The number of hydrogen-bond donors (Lipinski definition) is 1. The van der Waals surface area contributed by atoms with Crippen LogP contribution in [0.1, 0.15) is 19.4 Å². The fraction of sp³-hybridized carbons (Fsp3) is 0.462. The van der Waals surface area contributed by atoms with Crippen LogP contribution < -0.4 is 5.32 Å². The van der Waals surface area contributed by atoms with Gasteiger partial charge in [-0.1, -0.05) is 6.07 Å². The van der Waals surface area contributed by atoms with E-state index in [1.54, 1.807) is 26.0 Å². The molecule has 17 heavy (non-hydrogen) atoms. The molecule has 1 N–H and O–H groups in total. The van der Waals surface area contributed by atoms with Crippen molar-refractivity contribution in [3.05, 3.63) is 29.6 Å². The van der Waals surface area contributed by atoms with Crippen LogP contribution in [0.5, 0.6) is 0 Å². The fourth-order valence-electron chi connectivity index (χ4n) is 1.44. The Morgan fingerprint density at radius 1 is 1.47 bits per heavy atom. The van der Waals surface area contributed by atoms with Gasteiger partial charge in [0.05, 0.1) is 18.2 Å². The van der Waals surface area contributed by atoms with E-state index in [9.17, 15) is 9.18 Å². The molecule has 1 aromatic rings. The van der Waals surface area contributed by atoms with Gasteiger partial charge in [-0.3, -0.25) is 4.79 Å². The number of benzene rings is 1. The van der Waals surface area contributed by atoms with Crippen molar-refractivity contribution in [2.75, 3.05) is 19.0 Å². The zero-order valence-corrected chi connectivity index (χ0v) is 10.6. The third-order valence-electron chi connectivity index (χ3n) is 2.58. The Labute approximate surface area is 101 Å². The molecule has 1 rings (SSSR count). The van der Waals surface area contributed by atoms with Crippen molar-refractivity contribution in [3.63, 3.8) is 0 Å². The zero-order chi connectivity index (χ0) is 13.1. The number of nitrogens with one attached hydrogen (secondary N) is 1. The summed E-state index contributed by atoms with van der Waals surface area (Å²) in [6.07, 6.45) is 0. The van der Waals surface area contributed by atoms with Crippen LogP contribution >= 0.6 is 0 Å². The van der Waals surface area contributed by atoms with E-state index in [-0.39, 0.29) is 11.8 Å². The largest absolute Gasteiger partial charge is 0.469 e. The summed E-state index contributed by atoms with van der Waals surface area (Å²) in [6, 6.07) is 4.82. The average Bonchev–Trinajstić information content (AvgIpc) is 2.29. The first-order valence-electron chi connectivity index (χ1n) is 5.45. The van der Waals surface area contributed by atoms with Crippen molar-refractivity contribution >= 4 is 11.7 Å². The Hall–Kier alpha value is -1.58. The second kappa shape index (κ2) is 5.17. The second-order valence-electron chi connectivity index (χ2n) is 4.71. The number of esters is 1. The molecule has 0 spiro atoms. The molecular formula is C13H18FNO2. The summed E-state index contributed by atoms with van der Waals surface area (Å²) in [5.74, 6) is -0.644. The van der Waals surface area contributed by atoms with Crippen molar-refractivity contribution < 1.29 is 13.9 Å². The van der Waals surface area contributed by atoms with Gasteiger partial charge in [-0.25, -0.2) is 4.39 Å². The van der Waals surface area contributed by atoms with E-state index in [4.69, 9.17) is 0 Å². The molecule has 4 heteroatoms. The summed E-state index contributed by atoms with van der Waals surface area (Å²) in [5.41, 5.74) is 0.678. The lowest BCUT2D eigenvalue weighted by Gasteiger charge is -2.22. The zero-order valence-electron chi connectivity index (χ0n) is 10.6. The van der Waals surface area contributed by atoms with Gasteiger partial charge >= 0.3 is 5.97 Å². The minimum Gasteiger partial charge on any atom is -0.469 e. The maximum atomic E-state index is 13.4. The van der Waals surface area contributed by atoms with Gasteiger partial charge in [0.25, 0.3) is 0 Å². The highest BCUT2D eigenvalue weighted by molar-refractivity contribution is 5.76. The predicted molar refractivity (Wildman–Crippen MR) is 65.4 cm³/mol. The molecular weight excluding hydrogens is 221 g/mol. The van der Waals surface area contributed by atoms with Crippen LogP contribution in [0.2, 0.25) is 0 Å². The standard InChI is InChI=1S/C13H18FNO2/c1-9-5-6-10(14)11(7-9)15-8-13(2,3)12(16)17-4/h5-7,15H,8H2,1-4H3. The summed E-state index contributed by atoms with van der Waals surface area (Å²) >= 11 is 0. The first-order chi connectivity index (χ1) is 7.86. The van der Waals surface area contributed by atoms with E-state index in [2.05, 4.69) is 10.1 Å². The summed E-state index contributed by atoms with van der Waals surface area (Å²) in [6.45, 7) is 5.70. The summed E-state index contributed by atoms with van der Waals surface area (Å²) in [4.78, 5) is 11.5. The van der Waals surface area contributed by atoms with E-state index >= 15 is 0 Å². The molecule has 0 radical (unpaired) electrons. The normalized spacial score (nSPS) is 11.1. The SMILES string of the molecule is COC(=O)C(C)(C)CNc1cc(C)ccc1F. The van der Waals surface area contributed by atoms with Crippen molar-refractivity contribution in [1.82, 2.24) is 0 Å². The lowest BCUT2D eigenvalue weighted by molar-refractivity contribution is -0.149. The Morgan fingerprint density at radius 3 is 2.71 bits per heavy atom. The highest BCUT2D eigenvalue weighted by Crippen LogP contribution is 2.21. The molecule has 0 unspecified atom stereocenters. The monoisotopic (exact) mass is 239 g/mol. The number of carbonyl (C=O) groups excluding carboxylic acids is 1. The van der Waals surface area contributed by atoms with Crippen molar-refractivity contribution in [1.29, 1.82) is 0 Å². The number of anilines is 1. The highest BCUT2D eigenvalue weighted by atomic mass is 19.1. The highest BCUT2D eigenvalue weighted by Gasteiger charge is 2.28. The molecule has 3 nitrogen and oxygen atoms in total. The van der Waals surface area contributed by atoms with Gasteiger partial charge < -0.3 is 10.1 Å². The first-order valence-corrected chi connectivity index (χ1v) is 5.45. The van der Waals surface area contributed by atoms with Gasteiger partial charge in [-0.05, 0) is 38.5 Å². The quantitative estimate of drug-likeness (QED) is 0.821. The molecule has 0 aliphatic carbocycles. The van der Waals surface area contributed by atoms with Crippen molar-refractivity contribution in [2.24, 2.45) is 5.41 Å². The number of carbonyl (C=O) groups is 1. The van der Waals surface area contributed by atoms with Crippen LogP contribution in [-0.2, 0) is 9.53 Å². The molecule has 94 valence electrons. The number of aryl methyl sites for hydroxylation is 1. The Balaban J connectivity index is 2.73. The summed E-state index contributed by atoms with van der Waals surface area (Å²) in [7, 11) is 1.34. The molecule has 0 saturated carbocycles. The molecule has 0 aliphatic rings. The Kier molecular flexibility index (Phi) is 4.10. The molecule has 0 aromatic heterocycles. The topological polar surface area (TPSA) is 38.3 Å². The second-order valence-corrected chi connectivity index (χ2v) is 4.71. The number of halogens is 1. The maximum Gasteiger partial charge on any atom is 0.313 e. The van der Waals surface area contributed by atoms with Gasteiger partial charge in [0.1, 0.15) is 5.82 Å². The van der Waals surface area contributed by atoms with Gasteiger partial charge in [-0.2, -0.15) is 0 Å². The molecule has 1 aromatic carbocycles. The van der Waals surface area contributed by atoms with Gasteiger partial charge in [0.2, 0.25) is 0 Å². The van der Waals surface area contributed by atoms with Crippen LogP contribution in [-0.4, -0.2) is 19.6 Å². The molecule has 0 heterocycles. The third-order valence-corrected chi connectivity index (χ3v) is 2.58. The maximum absolute atomic E-state index is 13.4. The Morgan fingerprint density at radius 2 is 2.12 bits per heavy atom. The molecule has 0 amide bonds. The molecule has 0 bridgehead atoms. The lowest BCUT2D eigenvalue weighted by atomic mass is 9.93. The Bertz CT molecular complexity index is 416. The number of hydrogen-bond acceptors (Lipinski definition) is 3. The van der Waals surface area contributed by atoms with Gasteiger partial charge in [0.15, 0.2) is 0 Å². The van der Waals surface area contributed by atoms with E-state index in [1.165, 1.54) is 13.2 Å². The summed E-state index contributed by atoms with van der Waals surface area (Å²) < 4.78 is 18.1. The van der Waals surface area contributed by atoms with E-state index in [1.807, 2.05) is 6.92 Å². The van der Waals surface area contributed by atoms with E-state index < -0.39 is 5.41 Å². The number of ether oxygens (including phenoxy) is 1. The smallest absolute Gasteiger partial charge is 0.313 e. The van der Waals surface area contributed by atoms with Gasteiger partial charge in [-0.15, -0.1) is 0 Å². The molecule has 0 saturated heterocycles. The number of rotatable bonds is 4. The van der Waals surface area contributed by atoms with Crippen molar-refractivity contribution in [3.8, 4) is 0 Å². The predicted octanol–water partition coefficient (Wildman–Crippen LogP) is 2.75.